The second-order valence-electron chi connectivity index (χ2n) is 3.26. The summed E-state index contributed by atoms with van der Waals surface area (Å²) in [5, 5.41) is 33.8. The van der Waals surface area contributed by atoms with Crippen molar-refractivity contribution in [3.05, 3.63) is 28.9 Å². The molecule has 2 rings (SSSR count). The molecule has 17 heavy (non-hydrogen) atoms. The first-order valence-electron chi connectivity index (χ1n) is 4.50. The maximum Gasteiger partial charge on any atom is 0.353 e. The van der Waals surface area contributed by atoms with E-state index in [4.69, 9.17) is 16.7 Å². The Bertz CT molecular complexity index is 594. The molecule has 0 aliphatic carbocycles. The maximum atomic E-state index is 10.7. The van der Waals surface area contributed by atoms with Crippen molar-refractivity contribution >= 4 is 17.6 Å². The van der Waals surface area contributed by atoms with E-state index in [0.717, 1.165) is 0 Å². The number of carboxylic acids is 1. The van der Waals surface area contributed by atoms with E-state index in [1.165, 1.54) is 18.2 Å². The van der Waals surface area contributed by atoms with Gasteiger partial charge in [-0.15, -0.1) is 0 Å². The third-order valence-corrected chi connectivity index (χ3v) is 2.49. The minimum Gasteiger partial charge on any atom is -0.504 e. The molecule has 0 bridgehead atoms. The zero-order valence-electron chi connectivity index (χ0n) is 8.31. The fourth-order valence-electron chi connectivity index (χ4n) is 1.36. The Morgan fingerprint density at radius 3 is 2.65 bits per heavy atom. The molecule has 1 aromatic heterocycles. The third-order valence-electron chi connectivity index (χ3n) is 2.17. The van der Waals surface area contributed by atoms with Crippen LogP contribution in [0.5, 0.6) is 11.5 Å². The van der Waals surface area contributed by atoms with Crippen LogP contribution in [0.2, 0.25) is 5.02 Å². The number of aromatic amines is 1. The summed E-state index contributed by atoms with van der Waals surface area (Å²) in [4.78, 5) is 10.7. The van der Waals surface area contributed by atoms with Gasteiger partial charge in [-0.3, -0.25) is 5.10 Å². The Kier molecular flexibility index (Phi) is 2.64. The van der Waals surface area contributed by atoms with Crippen LogP contribution in [-0.4, -0.2) is 31.5 Å². The Morgan fingerprint density at radius 2 is 2.06 bits per heavy atom. The van der Waals surface area contributed by atoms with Gasteiger partial charge < -0.3 is 15.3 Å². The first kappa shape index (κ1) is 11.3. The number of carboxylic acid groups (broad SMARTS) is 1. The van der Waals surface area contributed by atoms with E-state index >= 15 is 0 Å². The van der Waals surface area contributed by atoms with E-state index < -0.39 is 11.7 Å². The number of carbonyl (C=O) groups is 1. The molecule has 2 aromatic rings. The van der Waals surface area contributed by atoms with Gasteiger partial charge in [0.15, 0.2) is 11.5 Å². The highest BCUT2D eigenvalue weighted by atomic mass is 35.5. The minimum atomic E-state index is -1.18. The number of rotatable bonds is 2. The standard InChI is InChI=1S/C10H7ClN2O4/c11-4-1-2-7(14)9(15)8(4)5-3-6(10(16)17)13-12-5/h1-3,14-15H,(H,12,13)(H,16,17). The molecular formula is C10H7ClN2O4. The van der Waals surface area contributed by atoms with Crippen LogP contribution in [0.4, 0.5) is 0 Å². The van der Waals surface area contributed by atoms with Gasteiger partial charge in [0, 0.05) is 0 Å². The molecule has 0 unspecified atom stereocenters. The van der Waals surface area contributed by atoms with Gasteiger partial charge in [0.2, 0.25) is 0 Å². The summed E-state index contributed by atoms with van der Waals surface area (Å²) >= 11 is 5.85. The molecule has 0 radical (unpaired) electrons. The van der Waals surface area contributed by atoms with Crippen LogP contribution in [0, 0.1) is 0 Å². The molecular weight excluding hydrogens is 248 g/mol. The highest BCUT2D eigenvalue weighted by Gasteiger charge is 2.17. The maximum absolute atomic E-state index is 10.7. The van der Waals surface area contributed by atoms with E-state index in [-0.39, 0.29) is 27.7 Å². The number of hydrogen-bond donors (Lipinski definition) is 4. The van der Waals surface area contributed by atoms with E-state index in [1.54, 1.807) is 0 Å². The monoisotopic (exact) mass is 254 g/mol. The van der Waals surface area contributed by atoms with E-state index in [0.29, 0.717) is 0 Å². The van der Waals surface area contributed by atoms with E-state index in [2.05, 4.69) is 10.2 Å². The molecule has 0 atom stereocenters. The summed E-state index contributed by atoms with van der Waals surface area (Å²) in [6.45, 7) is 0. The lowest BCUT2D eigenvalue weighted by molar-refractivity contribution is 0.0690. The third kappa shape index (κ3) is 1.90. The van der Waals surface area contributed by atoms with Gasteiger partial charge in [0.25, 0.3) is 0 Å². The van der Waals surface area contributed by atoms with Crippen LogP contribution in [-0.2, 0) is 0 Å². The Balaban J connectivity index is 2.60. The zero-order valence-corrected chi connectivity index (χ0v) is 9.06. The van der Waals surface area contributed by atoms with Crippen LogP contribution in [0.3, 0.4) is 0 Å². The van der Waals surface area contributed by atoms with Gasteiger partial charge in [0.1, 0.15) is 5.69 Å². The van der Waals surface area contributed by atoms with Crippen molar-refractivity contribution in [3.63, 3.8) is 0 Å². The summed E-state index contributed by atoms with van der Waals surface area (Å²) in [6.07, 6.45) is 0. The number of benzene rings is 1. The van der Waals surface area contributed by atoms with Crippen molar-refractivity contribution in [1.29, 1.82) is 0 Å². The van der Waals surface area contributed by atoms with Crippen molar-refractivity contribution in [3.8, 4) is 22.8 Å². The van der Waals surface area contributed by atoms with Gasteiger partial charge in [0.05, 0.1) is 16.3 Å². The van der Waals surface area contributed by atoms with Crippen molar-refractivity contribution in [1.82, 2.24) is 10.2 Å². The molecule has 0 aliphatic heterocycles. The van der Waals surface area contributed by atoms with Crippen LogP contribution in [0.25, 0.3) is 11.3 Å². The number of aromatic nitrogens is 2. The highest BCUT2D eigenvalue weighted by molar-refractivity contribution is 6.33. The number of H-pyrrole nitrogens is 1. The summed E-state index contributed by atoms with van der Waals surface area (Å²) in [5.74, 6) is -1.98. The first-order chi connectivity index (χ1) is 8.00. The van der Waals surface area contributed by atoms with Crippen molar-refractivity contribution in [2.75, 3.05) is 0 Å². The molecule has 1 aromatic carbocycles. The first-order valence-corrected chi connectivity index (χ1v) is 4.88. The quantitative estimate of drug-likeness (QED) is 0.612. The molecule has 0 spiro atoms. The molecule has 0 saturated heterocycles. The fourth-order valence-corrected chi connectivity index (χ4v) is 1.61. The molecule has 0 fully saturated rings. The summed E-state index contributed by atoms with van der Waals surface area (Å²) in [6, 6.07) is 3.82. The molecule has 1 heterocycles. The predicted molar refractivity (Wildman–Crippen MR) is 59.3 cm³/mol. The number of aromatic carboxylic acids is 1. The molecule has 88 valence electrons. The number of phenolic OH excluding ortho intramolecular Hbond substituents is 2. The molecule has 4 N–H and O–H groups in total. The second-order valence-corrected chi connectivity index (χ2v) is 3.67. The van der Waals surface area contributed by atoms with Crippen molar-refractivity contribution < 1.29 is 20.1 Å². The number of nitrogens with zero attached hydrogens (tertiary/aromatic N) is 1. The van der Waals surface area contributed by atoms with Gasteiger partial charge >= 0.3 is 5.97 Å². The smallest absolute Gasteiger partial charge is 0.353 e. The Hall–Kier alpha value is -2.21. The van der Waals surface area contributed by atoms with E-state index in [1.807, 2.05) is 0 Å². The topological polar surface area (TPSA) is 106 Å². The summed E-state index contributed by atoms with van der Waals surface area (Å²) < 4.78 is 0. The number of hydrogen-bond acceptors (Lipinski definition) is 4. The predicted octanol–water partition coefficient (Wildman–Crippen LogP) is 1.84. The van der Waals surface area contributed by atoms with Crippen LogP contribution in [0.1, 0.15) is 10.5 Å². The Labute approximate surface area is 100 Å². The van der Waals surface area contributed by atoms with Gasteiger partial charge in [-0.2, -0.15) is 5.10 Å². The normalized spacial score (nSPS) is 10.4. The van der Waals surface area contributed by atoms with Crippen molar-refractivity contribution in [2.24, 2.45) is 0 Å². The summed E-state index contributed by atoms with van der Waals surface area (Å²) in [5.41, 5.74) is 0.0787. The molecule has 0 aliphatic rings. The average molecular weight is 255 g/mol. The van der Waals surface area contributed by atoms with Gasteiger partial charge in [-0.1, -0.05) is 11.6 Å². The zero-order chi connectivity index (χ0) is 12.6. The average Bonchev–Trinajstić information content (AvgIpc) is 2.73. The van der Waals surface area contributed by atoms with E-state index in [9.17, 15) is 15.0 Å². The molecule has 0 saturated carbocycles. The van der Waals surface area contributed by atoms with Gasteiger partial charge in [-0.05, 0) is 18.2 Å². The van der Waals surface area contributed by atoms with Crippen LogP contribution >= 0.6 is 11.6 Å². The van der Waals surface area contributed by atoms with Gasteiger partial charge in [-0.25, -0.2) is 4.79 Å². The lowest BCUT2D eigenvalue weighted by atomic mass is 10.1. The SMILES string of the molecule is O=C(O)c1cc(-c2c(Cl)ccc(O)c2O)n[nH]1. The lowest BCUT2D eigenvalue weighted by Crippen LogP contribution is -1.95. The lowest BCUT2D eigenvalue weighted by Gasteiger charge is -2.05. The minimum absolute atomic E-state index is 0.0791. The van der Waals surface area contributed by atoms with Crippen molar-refractivity contribution in [2.45, 2.75) is 0 Å². The summed E-state index contributed by atoms with van der Waals surface area (Å²) in [7, 11) is 0. The molecule has 7 heteroatoms. The number of phenols is 2. The molecule has 0 amide bonds. The number of halogens is 1. The highest BCUT2D eigenvalue weighted by Crippen LogP contribution is 2.40. The van der Waals surface area contributed by atoms with Crippen LogP contribution in [0.15, 0.2) is 18.2 Å². The fraction of sp³-hybridized carbons (Fsp3) is 0. The Morgan fingerprint density at radius 1 is 1.35 bits per heavy atom. The number of aromatic hydroxyl groups is 2. The number of nitrogens with one attached hydrogen (secondary N) is 1. The largest absolute Gasteiger partial charge is 0.504 e. The second kappa shape index (κ2) is 3.99. The van der Waals surface area contributed by atoms with Crippen LogP contribution < -0.4 is 0 Å². The molecule has 6 nitrogen and oxygen atoms in total.